The number of nitrogens with zero attached hydrogens (tertiary/aromatic N) is 2. The van der Waals surface area contributed by atoms with Gasteiger partial charge in [0, 0.05) is 16.5 Å². The molecule has 0 fully saturated rings. The number of hydrogen-bond acceptors (Lipinski definition) is 2. The minimum absolute atomic E-state index is 0.779. The molecule has 0 saturated carbocycles. The summed E-state index contributed by atoms with van der Waals surface area (Å²) in [7, 11) is 0. The van der Waals surface area contributed by atoms with E-state index in [4.69, 9.17) is 16.6 Å². The predicted octanol–water partition coefficient (Wildman–Crippen LogP) is 6.17. The Balaban J connectivity index is 1.80. The molecule has 0 amide bonds. The summed E-state index contributed by atoms with van der Waals surface area (Å²) in [5.74, 6) is 2.03. The first kappa shape index (κ1) is 16.4. The van der Waals surface area contributed by atoms with E-state index in [0.717, 1.165) is 28.7 Å². The lowest BCUT2D eigenvalue weighted by atomic mass is 10.2. The van der Waals surface area contributed by atoms with E-state index in [1.54, 1.807) is 0 Å². The fraction of sp³-hybridized carbons (Fsp3) is 0.316. The van der Waals surface area contributed by atoms with Gasteiger partial charge < -0.3 is 4.57 Å². The largest absolute Gasteiger partial charge is 0.327 e. The number of rotatable bonds is 7. The number of thioether (sulfide) groups is 1. The summed E-state index contributed by atoms with van der Waals surface area (Å²) in [5, 5.41) is 0.779. The Labute approximate surface area is 146 Å². The predicted molar refractivity (Wildman–Crippen MR) is 100 cm³/mol. The molecule has 0 radical (unpaired) electrons. The first-order valence-corrected chi connectivity index (χ1v) is 9.47. The Morgan fingerprint density at radius 3 is 2.61 bits per heavy atom. The van der Waals surface area contributed by atoms with Crippen LogP contribution in [0.2, 0.25) is 5.02 Å². The molecule has 0 spiro atoms. The van der Waals surface area contributed by atoms with Gasteiger partial charge >= 0.3 is 0 Å². The molecule has 3 rings (SSSR count). The maximum atomic E-state index is 5.95. The minimum atomic E-state index is 0.779. The topological polar surface area (TPSA) is 17.8 Å². The van der Waals surface area contributed by atoms with Crippen molar-refractivity contribution >= 4 is 34.4 Å². The highest BCUT2D eigenvalue weighted by Gasteiger charge is 2.10. The number of aromatic nitrogens is 2. The number of benzene rings is 2. The Bertz CT molecular complexity index is 765. The van der Waals surface area contributed by atoms with Crippen molar-refractivity contribution in [2.75, 3.05) is 0 Å². The fourth-order valence-corrected chi connectivity index (χ4v) is 3.65. The normalized spacial score (nSPS) is 11.2. The van der Waals surface area contributed by atoms with Gasteiger partial charge in [-0.3, -0.25) is 0 Å². The zero-order valence-electron chi connectivity index (χ0n) is 13.3. The standard InChI is InChI=1S/C19H21ClN2S/c1-2-3-6-13-22-18-8-5-4-7-17(18)21-19(22)14-23-16-11-9-15(20)10-12-16/h4-5,7-12H,2-3,6,13-14H2,1H3. The van der Waals surface area contributed by atoms with Crippen LogP contribution in [0.15, 0.2) is 53.4 Å². The fourth-order valence-electron chi connectivity index (χ4n) is 2.68. The van der Waals surface area contributed by atoms with Crippen LogP contribution in [0.1, 0.15) is 32.0 Å². The van der Waals surface area contributed by atoms with Crippen molar-refractivity contribution in [3.05, 3.63) is 59.4 Å². The van der Waals surface area contributed by atoms with Crippen LogP contribution in [0, 0.1) is 0 Å². The van der Waals surface area contributed by atoms with Crippen LogP contribution in [0.3, 0.4) is 0 Å². The van der Waals surface area contributed by atoms with Gasteiger partial charge in [0.15, 0.2) is 0 Å². The first-order chi connectivity index (χ1) is 11.3. The Kier molecular flexibility index (Phi) is 5.63. The maximum absolute atomic E-state index is 5.95. The number of imidazole rings is 1. The van der Waals surface area contributed by atoms with Crippen molar-refractivity contribution in [1.82, 2.24) is 9.55 Å². The molecule has 0 aliphatic rings. The lowest BCUT2D eigenvalue weighted by Gasteiger charge is -2.09. The van der Waals surface area contributed by atoms with Gasteiger partial charge in [-0.25, -0.2) is 4.98 Å². The zero-order chi connectivity index (χ0) is 16.1. The number of fused-ring (bicyclic) bond motifs is 1. The third kappa shape index (κ3) is 4.10. The number of unbranched alkanes of at least 4 members (excludes halogenated alkanes) is 2. The van der Waals surface area contributed by atoms with Gasteiger partial charge in [0.25, 0.3) is 0 Å². The van der Waals surface area contributed by atoms with Crippen molar-refractivity contribution in [2.45, 2.75) is 43.4 Å². The summed E-state index contributed by atoms with van der Waals surface area (Å²) in [4.78, 5) is 6.06. The van der Waals surface area contributed by atoms with E-state index >= 15 is 0 Å². The lowest BCUT2D eigenvalue weighted by Crippen LogP contribution is -2.03. The van der Waals surface area contributed by atoms with Gasteiger partial charge in [-0.15, -0.1) is 11.8 Å². The molecule has 0 saturated heterocycles. The molecule has 0 unspecified atom stereocenters. The highest BCUT2D eigenvalue weighted by atomic mass is 35.5. The number of para-hydroxylation sites is 2. The molecule has 0 aliphatic heterocycles. The van der Waals surface area contributed by atoms with E-state index in [9.17, 15) is 0 Å². The summed E-state index contributed by atoms with van der Waals surface area (Å²) in [6, 6.07) is 16.4. The summed E-state index contributed by atoms with van der Waals surface area (Å²) in [5.41, 5.74) is 2.34. The second kappa shape index (κ2) is 7.89. The molecule has 3 aromatic rings. The van der Waals surface area contributed by atoms with Crippen molar-refractivity contribution in [3.63, 3.8) is 0 Å². The highest BCUT2D eigenvalue weighted by Crippen LogP contribution is 2.26. The highest BCUT2D eigenvalue weighted by molar-refractivity contribution is 7.98. The molecule has 120 valence electrons. The molecule has 2 aromatic carbocycles. The average molecular weight is 345 g/mol. The van der Waals surface area contributed by atoms with Gasteiger partial charge in [0.1, 0.15) is 5.82 Å². The second-order valence-corrected chi connectivity index (χ2v) is 7.10. The number of halogens is 1. The van der Waals surface area contributed by atoms with Gasteiger partial charge in [0.2, 0.25) is 0 Å². The smallest absolute Gasteiger partial charge is 0.120 e. The molecule has 23 heavy (non-hydrogen) atoms. The summed E-state index contributed by atoms with van der Waals surface area (Å²) < 4.78 is 2.38. The van der Waals surface area contributed by atoms with Crippen molar-refractivity contribution in [2.24, 2.45) is 0 Å². The van der Waals surface area contributed by atoms with Gasteiger partial charge in [-0.2, -0.15) is 0 Å². The Morgan fingerprint density at radius 1 is 1.04 bits per heavy atom. The molecular weight excluding hydrogens is 324 g/mol. The molecule has 2 nitrogen and oxygen atoms in total. The molecule has 0 atom stereocenters. The molecular formula is C19H21ClN2S. The maximum Gasteiger partial charge on any atom is 0.120 e. The van der Waals surface area contributed by atoms with Gasteiger partial charge in [-0.1, -0.05) is 43.5 Å². The van der Waals surface area contributed by atoms with Crippen LogP contribution >= 0.6 is 23.4 Å². The average Bonchev–Trinajstić information content (AvgIpc) is 2.93. The molecule has 1 heterocycles. The van der Waals surface area contributed by atoms with Crippen molar-refractivity contribution < 1.29 is 0 Å². The van der Waals surface area contributed by atoms with E-state index in [-0.39, 0.29) is 0 Å². The summed E-state index contributed by atoms with van der Waals surface area (Å²) in [6.45, 7) is 3.29. The number of aryl methyl sites for hydroxylation is 1. The van der Waals surface area contributed by atoms with Crippen LogP contribution in [-0.4, -0.2) is 9.55 Å². The molecule has 4 heteroatoms. The SMILES string of the molecule is CCCCCn1c(CSc2ccc(Cl)cc2)nc2ccccc21. The summed E-state index contributed by atoms with van der Waals surface area (Å²) >= 11 is 7.76. The first-order valence-electron chi connectivity index (χ1n) is 8.10. The number of hydrogen-bond donors (Lipinski definition) is 0. The van der Waals surface area contributed by atoms with Crippen LogP contribution in [0.25, 0.3) is 11.0 Å². The van der Waals surface area contributed by atoms with Crippen LogP contribution in [0.4, 0.5) is 0 Å². The zero-order valence-corrected chi connectivity index (χ0v) is 14.9. The third-order valence-electron chi connectivity index (χ3n) is 3.90. The van der Waals surface area contributed by atoms with E-state index in [1.165, 1.54) is 29.7 Å². The Hall–Kier alpha value is -1.45. The monoisotopic (exact) mass is 344 g/mol. The van der Waals surface area contributed by atoms with E-state index < -0.39 is 0 Å². The Morgan fingerprint density at radius 2 is 1.83 bits per heavy atom. The molecule has 1 aromatic heterocycles. The van der Waals surface area contributed by atoms with Crippen LogP contribution < -0.4 is 0 Å². The van der Waals surface area contributed by atoms with E-state index in [2.05, 4.69) is 47.9 Å². The van der Waals surface area contributed by atoms with E-state index in [1.807, 2.05) is 23.9 Å². The van der Waals surface area contributed by atoms with Crippen molar-refractivity contribution in [3.8, 4) is 0 Å². The minimum Gasteiger partial charge on any atom is -0.327 e. The van der Waals surface area contributed by atoms with E-state index in [0.29, 0.717) is 0 Å². The van der Waals surface area contributed by atoms with Gasteiger partial charge in [0.05, 0.1) is 16.8 Å². The lowest BCUT2D eigenvalue weighted by molar-refractivity contribution is 0.600. The molecule has 0 aliphatic carbocycles. The second-order valence-electron chi connectivity index (χ2n) is 5.62. The quantitative estimate of drug-likeness (QED) is 0.376. The molecule has 0 N–H and O–H groups in total. The van der Waals surface area contributed by atoms with Crippen molar-refractivity contribution in [1.29, 1.82) is 0 Å². The van der Waals surface area contributed by atoms with Crippen LogP contribution in [-0.2, 0) is 12.3 Å². The van der Waals surface area contributed by atoms with Crippen LogP contribution in [0.5, 0.6) is 0 Å². The van der Waals surface area contributed by atoms with Gasteiger partial charge in [-0.05, 0) is 42.8 Å². The molecule has 0 bridgehead atoms. The third-order valence-corrected chi connectivity index (χ3v) is 5.16. The summed E-state index contributed by atoms with van der Waals surface area (Å²) in [6.07, 6.45) is 3.70.